The van der Waals surface area contributed by atoms with Gasteiger partial charge in [-0.1, -0.05) is 30.3 Å². The number of aromatic nitrogens is 1. The van der Waals surface area contributed by atoms with Crippen LogP contribution in [0.1, 0.15) is 23.7 Å². The molecule has 0 aliphatic carbocycles. The quantitative estimate of drug-likeness (QED) is 0.848. The second-order valence-corrected chi connectivity index (χ2v) is 6.61. The van der Waals surface area contributed by atoms with Gasteiger partial charge in [-0.05, 0) is 36.6 Å². The zero-order chi connectivity index (χ0) is 16.9. The molecule has 1 aliphatic rings. The third-order valence-corrected chi connectivity index (χ3v) is 4.85. The number of fused-ring (bicyclic) bond motifs is 1. The highest BCUT2D eigenvalue weighted by atomic mass is 16.2. The number of hydrogen-bond acceptors (Lipinski definition) is 3. The van der Waals surface area contributed by atoms with Crippen LogP contribution in [0, 0.1) is 0 Å². The molecule has 2 aromatic rings. The van der Waals surface area contributed by atoms with Gasteiger partial charge < -0.3 is 4.90 Å². The van der Waals surface area contributed by atoms with Gasteiger partial charge in [0.25, 0.3) is 0 Å². The summed E-state index contributed by atoms with van der Waals surface area (Å²) in [7, 11) is 1.90. The fourth-order valence-electron chi connectivity index (χ4n) is 3.20. The second-order valence-electron chi connectivity index (χ2n) is 6.61. The molecular weight excluding hydrogens is 298 g/mol. The molecule has 24 heavy (non-hydrogen) atoms. The summed E-state index contributed by atoms with van der Waals surface area (Å²) in [5, 5.41) is 0. The molecule has 0 fully saturated rings. The highest BCUT2D eigenvalue weighted by Crippen LogP contribution is 2.18. The van der Waals surface area contributed by atoms with E-state index in [1.807, 2.05) is 30.1 Å². The molecule has 0 spiro atoms. The molecule has 126 valence electrons. The van der Waals surface area contributed by atoms with Crippen molar-refractivity contribution in [3.05, 3.63) is 65.5 Å². The van der Waals surface area contributed by atoms with Gasteiger partial charge in [-0.25, -0.2) is 0 Å². The van der Waals surface area contributed by atoms with Crippen LogP contribution in [0.4, 0.5) is 0 Å². The van der Waals surface area contributed by atoms with Crippen LogP contribution in [0.2, 0.25) is 0 Å². The van der Waals surface area contributed by atoms with E-state index in [1.54, 1.807) is 6.20 Å². The van der Waals surface area contributed by atoms with Crippen LogP contribution < -0.4 is 0 Å². The van der Waals surface area contributed by atoms with Crippen LogP contribution in [0.25, 0.3) is 0 Å². The molecule has 3 rings (SSSR count). The van der Waals surface area contributed by atoms with Gasteiger partial charge in [0, 0.05) is 44.5 Å². The lowest BCUT2D eigenvalue weighted by Gasteiger charge is -2.31. The predicted octanol–water partition coefficient (Wildman–Crippen LogP) is 2.53. The molecule has 0 unspecified atom stereocenters. The van der Waals surface area contributed by atoms with Gasteiger partial charge in [-0.15, -0.1) is 0 Å². The fraction of sp³-hybridized carbons (Fsp3) is 0.400. The summed E-state index contributed by atoms with van der Waals surface area (Å²) in [6.07, 6.45) is 3.61. The average Bonchev–Trinajstić information content (AvgIpc) is 2.61. The number of nitrogens with zero attached hydrogens (tertiary/aromatic N) is 3. The maximum Gasteiger partial charge on any atom is 0.236 e. The van der Waals surface area contributed by atoms with Crippen molar-refractivity contribution in [3.8, 4) is 0 Å². The lowest BCUT2D eigenvalue weighted by Crippen LogP contribution is -2.44. The maximum absolute atomic E-state index is 12.6. The molecule has 1 aromatic carbocycles. The molecule has 1 aromatic heterocycles. The minimum atomic E-state index is 0.143. The molecule has 4 heteroatoms. The summed E-state index contributed by atoms with van der Waals surface area (Å²) < 4.78 is 0. The zero-order valence-electron chi connectivity index (χ0n) is 14.5. The van der Waals surface area contributed by atoms with Gasteiger partial charge in [0.2, 0.25) is 5.91 Å². The van der Waals surface area contributed by atoms with E-state index in [-0.39, 0.29) is 11.9 Å². The van der Waals surface area contributed by atoms with E-state index in [0.29, 0.717) is 6.54 Å². The van der Waals surface area contributed by atoms with Crippen LogP contribution in [0.5, 0.6) is 0 Å². The van der Waals surface area contributed by atoms with Gasteiger partial charge in [0.1, 0.15) is 0 Å². The number of likely N-dealkylation sites (N-methyl/N-ethyl adjacent to an activating group) is 1. The van der Waals surface area contributed by atoms with Crippen LogP contribution in [0.3, 0.4) is 0 Å². The number of amides is 1. The zero-order valence-corrected chi connectivity index (χ0v) is 14.5. The van der Waals surface area contributed by atoms with E-state index in [1.165, 1.54) is 11.1 Å². The van der Waals surface area contributed by atoms with Crippen molar-refractivity contribution >= 4 is 5.91 Å². The summed E-state index contributed by atoms with van der Waals surface area (Å²) in [5.74, 6) is 0.179. The number of rotatable bonds is 5. The standard InChI is InChI=1S/C20H25N3O/c1-16(13-19-9-5-6-11-21-19)22(2)20(24)15-23-12-10-17-7-3-4-8-18(17)14-23/h3-9,11,16H,10,12-15H2,1-2H3/t16-/m1/s1. The van der Waals surface area contributed by atoms with Gasteiger partial charge in [0.15, 0.2) is 0 Å². The normalized spacial score (nSPS) is 15.6. The van der Waals surface area contributed by atoms with Gasteiger partial charge in [0.05, 0.1) is 6.54 Å². The van der Waals surface area contributed by atoms with Gasteiger partial charge in [-0.2, -0.15) is 0 Å². The number of benzene rings is 1. The highest BCUT2D eigenvalue weighted by molar-refractivity contribution is 5.78. The van der Waals surface area contributed by atoms with E-state index in [0.717, 1.165) is 31.6 Å². The average molecular weight is 323 g/mol. The molecule has 0 saturated heterocycles. The smallest absolute Gasteiger partial charge is 0.236 e. The molecular formula is C20H25N3O. The third-order valence-electron chi connectivity index (χ3n) is 4.85. The number of hydrogen-bond donors (Lipinski definition) is 0. The molecule has 0 N–H and O–H groups in total. The number of pyridine rings is 1. The van der Waals surface area contributed by atoms with Crippen molar-refractivity contribution in [1.82, 2.24) is 14.8 Å². The first kappa shape index (κ1) is 16.7. The first-order chi connectivity index (χ1) is 11.6. The Balaban J connectivity index is 1.55. The summed E-state index contributed by atoms with van der Waals surface area (Å²) in [6.45, 7) is 4.38. The lowest BCUT2D eigenvalue weighted by atomic mass is 10.00. The van der Waals surface area contributed by atoms with Gasteiger partial charge in [-0.3, -0.25) is 14.7 Å². The van der Waals surface area contributed by atoms with Crippen molar-refractivity contribution < 1.29 is 4.79 Å². The van der Waals surface area contributed by atoms with Crippen molar-refractivity contribution in [2.45, 2.75) is 32.4 Å². The molecule has 1 aliphatic heterocycles. The minimum absolute atomic E-state index is 0.143. The van der Waals surface area contributed by atoms with Crippen molar-refractivity contribution in [1.29, 1.82) is 0 Å². The first-order valence-corrected chi connectivity index (χ1v) is 8.58. The Bertz CT molecular complexity index is 686. The van der Waals surface area contributed by atoms with E-state index in [2.05, 4.69) is 41.1 Å². The predicted molar refractivity (Wildman–Crippen MR) is 95.6 cm³/mol. The van der Waals surface area contributed by atoms with Crippen LogP contribution >= 0.6 is 0 Å². The topological polar surface area (TPSA) is 36.4 Å². The summed E-state index contributed by atoms with van der Waals surface area (Å²) in [4.78, 5) is 21.1. The van der Waals surface area contributed by atoms with Crippen LogP contribution in [0.15, 0.2) is 48.7 Å². The van der Waals surface area contributed by atoms with Crippen molar-refractivity contribution in [2.75, 3.05) is 20.1 Å². The van der Waals surface area contributed by atoms with Crippen LogP contribution in [-0.4, -0.2) is 46.9 Å². The van der Waals surface area contributed by atoms with Crippen molar-refractivity contribution in [3.63, 3.8) is 0 Å². The molecule has 1 atom stereocenters. The molecule has 1 amide bonds. The van der Waals surface area contributed by atoms with E-state index in [9.17, 15) is 4.79 Å². The maximum atomic E-state index is 12.6. The van der Waals surface area contributed by atoms with Crippen LogP contribution in [-0.2, 0) is 24.2 Å². The number of carbonyl (C=O) groups excluding carboxylic acids is 1. The van der Waals surface area contributed by atoms with Crippen molar-refractivity contribution in [2.24, 2.45) is 0 Å². The van der Waals surface area contributed by atoms with E-state index >= 15 is 0 Å². The van der Waals surface area contributed by atoms with E-state index in [4.69, 9.17) is 0 Å². The molecule has 0 radical (unpaired) electrons. The molecule has 0 bridgehead atoms. The summed E-state index contributed by atoms with van der Waals surface area (Å²) in [5.41, 5.74) is 3.79. The summed E-state index contributed by atoms with van der Waals surface area (Å²) in [6, 6.07) is 14.6. The Hall–Kier alpha value is -2.20. The first-order valence-electron chi connectivity index (χ1n) is 8.58. The fourth-order valence-corrected chi connectivity index (χ4v) is 3.20. The number of carbonyl (C=O) groups is 1. The van der Waals surface area contributed by atoms with Gasteiger partial charge >= 0.3 is 0 Å². The minimum Gasteiger partial charge on any atom is -0.342 e. The molecule has 4 nitrogen and oxygen atoms in total. The largest absolute Gasteiger partial charge is 0.342 e. The van der Waals surface area contributed by atoms with E-state index < -0.39 is 0 Å². The Labute approximate surface area is 144 Å². The molecule has 2 heterocycles. The Morgan fingerprint density at radius 3 is 2.71 bits per heavy atom. The lowest BCUT2D eigenvalue weighted by molar-refractivity contribution is -0.133. The second kappa shape index (κ2) is 7.58. The Morgan fingerprint density at radius 1 is 1.21 bits per heavy atom. The summed E-state index contributed by atoms with van der Waals surface area (Å²) >= 11 is 0. The monoisotopic (exact) mass is 323 g/mol. The SMILES string of the molecule is C[C@H](Cc1ccccn1)N(C)C(=O)CN1CCc2ccccc2C1. The Morgan fingerprint density at radius 2 is 1.96 bits per heavy atom. The third kappa shape index (κ3) is 4.01. The molecule has 0 saturated carbocycles. The highest BCUT2D eigenvalue weighted by Gasteiger charge is 2.22. The Kier molecular flexibility index (Phi) is 5.26.